The summed E-state index contributed by atoms with van der Waals surface area (Å²) in [7, 11) is -9.11. The van der Waals surface area contributed by atoms with Crippen LogP contribution in [0.3, 0.4) is 0 Å². The smallest absolute Gasteiger partial charge is 0.336 e. The SMILES string of the molecule is O=C(c1ccc(S(=O)(=O)C(F)F)cc1)N1CCN(S(=O)(=O)c2cc(F)ccc2F)CC1. The van der Waals surface area contributed by atoms with Gasteiger partial charge < -0.3 is 4.90 Å². The van der Waals surface area contributed by atoms with Crippen molar-refractivity contribution in [1.82, 2.24) is 9.21 Å². The van der Waals surface area contributed by atoms with Crippen LogP contribution in [0.25, 0.3) is 0 Å². The van der Waals surface area contributed by atoms with Crippen molar-refractivity contribution in [2.45, 2.75) is 15.5 Å². The Morgan fingerprint density at radius 1 is 0.871 bits per heavy atom. The maximum absolute atomic E-state index is 13.9. The molecule has 1 saturated heterocycles. The van der Waals surface area contributed by atoms with Crippen LogP contribution in [0.1, 0.15) is 10.4 Å². The number of hydrogen-bond acceptors (Lipinski definition) is 5. The van der Waals surface area contributed by atoms with Gasteiger partial charge in [-0.15, -0.1) is 0 Å². The number of sulfone groups is 1. The number of benzene rings is 2. The molecular formula is C18H16F4N2O5S2. The molecule has 1 heterocycles. The fraction of sp³-hybridized carbons (Fsp3) is 0.278. The molecule has 0 spiro atoms. The largest absolute Gasteiger partial charge is 0.341 e. The standard InChI is InChI=1S/C18H16F4N2O5S2/c19-13-3-6-15(20)16(11-13)31(28,29)24-9-7-23(8-10-24)17(25)12-1-4-14(5-2-12)30(26,27)18(21)22/h1-6,11,18H,7-10H2. The number of rotatable bonds is 5. The number of alkyl halides is 2. The second-order valence-electron chi connectivity index (χ2n) is 6.60. The van der Waals surface area contributed by atoms with Gasteiger partial charge in [0.05, 0.1) is 4.90 Å². The molecule has 0 N–H and O–H groups in total. The van der Waals surface area contributed by atoms with Gasteiger partial charge in [0.2, 0.25) is 19.9 Å². The Bertz CT molecular complexity index is 1190. The molecule has 2 aromatic rings. The second-order valence-corrected chi connectivity index (χ2v) is 10.4. The third kappa shape index (κ3) is 4.57. The van der Waals surface area contributed by atoms with Gasteiger partial charge in [0, 0.05) is 31.7 Å². The van der Waals surface area contributed by atoms with E-state index in [4.69, 9.17) is 0 Å². The average molecular weight is 480 g/mol. The number of nitrogens with zero attached hydrogens (tertiary/aromatic N) is 2. The van der Waals surface area contributed by atoms with Crippen LogP contribution in [-0.2, 0) is 19.9 Å². The molecule has 0 atom stereocenters. The summed E-state index contributed by atoms with van der Waals surface area (Å²) < 4.78 is 101. The van der Waals surface area contributed by atoms with E-state index in [1.807, 2.05) is 0 Å². The van der Waals surface area contributed by atoms with Crippen molar-refractivity contribution >= 4 is 25.8 Å². The lowest BCUT2D eigenvalue weighted by atomic mass is 10.2. The number of amides is 1. The fourth-order valence-electron chi connectivity index (χ4n) is 3.02. The molecule has 168 valence electrons. The van der Waals surface area contributed by atoms with Crippen molar-refractivity contribution in [2.24, 2.45) is 0 Å². The first-order valence-electron chi connectivity index (χ1n) is 8.81. The number of sulfonamides is 1. The minimum atomic E-state index is -4.79. The summed E-state index contributed by atoms with van der Waals surface area (Å²) in [6.07, 6.45) is 0. The first-order chi connectivity index (χ1) is 14.4. The zero-order chi connectivity index (χ0) is 23.0. The summed E-state index contributed by atoms with van der Waals surface area (Å²) in [5, 5.41) is 0. The van der Waals surface area contributed by atoms with Gasteiger partial charge in [0.1, 0.15) is 16.5 Å². The topological polar surface area (TPSA) is 91.8 Å². The molecule has 1 aliphatic rings. The van der Waals surface area contributed by atoms with Crippen molar-refractivity contribution in [3.05, 3.63) is 59.7 Å². The zero-order valence-electron chi connectivity index (χ0n) is 15.7. The first-order valence-corrected chi connectivity index (χ1v) is 11.8. The lowest BCUT2D eigenvalue weighted by Crippen LogP contribution is -2.50. The highest BCUT2D eigenvalue weighted by atomic mass is 32.2. The van der Waals surface area contributed by atoms with Crippen molar-refractivity contribution < 1.29 is 39.2 Å². The number of carbonyl (C=O) groups is 1. The molecule has 31 heavy (non-hydrogen) atoms. The summed E-state index contributed by atoms with van der Waals surface area (Å²) in [6.45, 7) is -0.484. The van der Waals surface area contributed by atoms with Crippen LogP contribution >= 0.6 is 0 Å². The Kier molecular flexibility index (Phi) is 6.39. The van der Waals surface area contributed by atoms with Gasteiger partial charge >= 0.3 is 5.76 Å². The molecule has 1 aliphatic heterocycles. The minimum absolute atomic E-state index is 0.0284. The molecule has 0 aromatic heterocycles. The van der Waals surface area contributed by atoms with Gasteiger partial charge in [0.15, 0.2) is 0 Å². The van der Waals surface area contributed by atoms with E-state index >= 15 is 0 Å². The van der Waals surface area contributed by atoms with Crippen LogP contribution in [0.4, 0.5) is 17.6 Å². The zero-order valence-corrected chi connectivity index (χ0v) is 17.3. The molecule has 0 aliphatic carbocycles. The van der Waals surface area contributed by atoms with Gasteiger partial charge in [-0.3, -0.25) is 4.79 Å². The molecule has 7 nitrogen and oxygen atoms in total. The Morgan fingerprint density at radius 3 is 2.00 bits per heavy atom. The predicted octanol–water partition coefficient (Wildman–Crippen LogP) is 2.11. The molecule has 3 rings (SSSR count). The average Bonchev–Trinajstić information content (AvgIpc) is 2.75. The second kappa shape index (κ2) is 8.55. The highest BCUT2D eigenvalue weighted by Crippen LogP contribution is 2.23. The first kappa shape index (κ1) is 23.2. The molecule has 1 amide bonds. The van der Waals surface area contributed by atoms with Crippen molar-refractivity contribution in [1.29, 1.82) is 0 Å². The Balaban J connectivity index is 1.71. The third-order valence-electron chi connectivity index (χ3n) is 4.70. The van der Waals surface area contributed by atoms with Crippen LogP contribution in [0.15, 0.2) is 52.3 Å². The number of carbonyl (C=O) groups excluding carboxylic acids is 1. The van der Waals surface area contributed by atoms with Crippen LogP contribution in [-0.4, -0.2) is 63.9 Å². The van der Waals surface area contributed by atoms with E-state index in [9.17, 15) is 39.2 Å². The van der Waals surface area contributed by atoms with E-state index in [1.54, 1.807) is 0 Å². The number of piperazine rings is 1. The van der Waals surface area contributed by atoms with Crippen molar-refractivity contribution in [2.75, 3.05) is 26.2 Å². The van der Waals surface area contributed by atoms with Crippen molar-refractivity contribution in [3.63, 3.8) is 0 Å². The highest BCUT2D eigenvalue weighted by molar-refractivity contribution is 7.91. The molecule has 2 aromatic carbocycles. The maximum atomic E-state index is 13.9. The summed E-state index contributed by atoms with van der Waals surface area (Å²) in [5.41, 5.74) is 0.0284. The monoisotopic (exact) mass is 480 g/mol. The van der Waals surface area contributed by atoms with Gasteiger partial charge in [-0.05, 0) is 42.5 Å². The van der Waals surface area contributed by atoms with E-state index in [2.05, 4.69) is 0 Å². The van der Waals surface area contributed by atoms with Crippen LogP contribution in [0, 0.1) is 11.6 Å². The third-order valence-corrected chi connectivity index (χ3v) is 8.01. The van der Waals surface area contributed by atoms with E-state index in [0.717, 1.165) is 34.6 Å². The van der Waals surface area contributed by atoms with Gasteiger partial charge in [-0.2, -0.15) is 13.1 Å². The normalized spacial score (nSPS) is 16.0. The molecule has 1 fully saturated rings. The predicted molar refractivity (Wildman–Crippen MR) is 101 cm³/mol. The van der Waals surface area contributed by atoms with Gasteiger partial charge in [-0.25, -0.2) is 25.6 Å². The molecule has 0 saturated carbocycles. The quantitative estimate of drug-likeness (QED) is 0.612. The fourth-order valence-corrected chi connectivity index (χ4v) is 5.24. The molecule has 0 radical (unpaired) electrons. The summed E-state index contributed by atoms with van der Waals surface area (Å²) in [4.78, 5) is 12.4. The van der Waals surface area contributed by atoms with E-state index in [-0.39, 0.29) is 31.7 Å². The summed E-state index contributed by atoms with van der Waals surface area (Å²) in [6, 6.07) is 6.04. The number of hydrogen-bond donors (Lipinski definition) is 0. The maximum Gasteiger partial charge on any atom is 0.341 e. The van der Waals surface area contributed by atoms with E-state index in [0.29, 0.717) is 12.1 Å². The van der Waals surface area contributed by atoms with Crippen molar-refractivity contribution in [3.8, 4) is 0 Å². The summed E-state index contributed by atoms with van der Waals surface area (Å²) in [5.74, 6) is -6.16. The summed E-state index contributed by atoms with van der Waals surface area (Å²) >= 11 is 0. The van der Waals surface area contributed by atoms with Gasteiger partial charge in [-0.1, -0.05) is 0 Å². The minimum Gasteiger partial charge on any atom is -0.336 e. The lowest BCUT2D eigenvalue weighted by molar-refractivity contribution is 0.0697. The molecule has 13 heteroatoms. The van der Waals surface area contributed by atoms with Crippen LogP contribution in [0.5, 0.6) is 0 Å². The van der Waals surface area contributed by atoms with E-state index < -0.39 is 53.0 Å². The van der Waals surface area contributed by atoms with Crippen LogP contribution < -0.4 is 0 Å². The Hall–Kier alpha value is -2.51. The van der Waals surface area contributed by atoms with Crippen LogP contribution in [0.2, 0.25) is 0 Å². The Labute approximate surface area is 175 Å². The molecule has 0 bridgehead atoms. The lowest BCUT2D eigenvalue weighted by Gasteiger charge is -2.34. The van der Waals surface area contributed by atoms with Gasteiger partial charge in [0.25, 0.3) is 5.91 Å². The Morgan fingerprint density at radius 2 is 1.45 bits per heavy atom. The van der Waals surface area contributed by atoms with E-state index in [1.165, 1.54) is 4.90 Å². The molecule has 0 unspecified atom stereocenters. The molecular weight excluding hydrogens is 464 g/mol. The number of halogens is 4. The highest BCUT2D eigenvalue weighted by Gasteiger charge is 2.33.